The van der Waals surface area contributed by atoms with Gasteiger partial charge in [0.05, 0.1) is 12.1 Å². The summed E-state index contributed by atoms with van der Waals surface area (Å²) < 4.78 is 0. The number of hydrogen-bond acceptors (Lipinski definition) is 4. The quantitative estimate of drug-likeness (QED) is 0.859. The van der Waals surface area contributed by atoms with Gasteiger partial charge in [-0.3, -0.25) is 14.4 Å². The number of anilines is 1. The number of piperidine rings is 1. The van der Waals surface area contributed by atoms with E-state index in [0.717, 1.165) is 18.5 Å². The van der Waals surface area contributed by atoms with Crippen molar-refractivity contribution < 1.29 is 14.4 Å². The van der Waals surface area contributed by atoms with E-state index in [9.17, 15) is 14.4 Å². The standard InChI is InChI=1S/C18H24N4O3/c19-18(25)14-5-1-2-6-15(14)20-9-11-21(12-10-20)17(24)13-22-8-4-3-7-16(22)23/h1-2,5-6H,3-4,7-13H2,(H2,19,25). The van der Waals surface area contributed by atoms with Gasteiger partial charge in [0.1, 0.15) is 0 Å². The Morgan fingerprint density at radius 3 is 2.40 bits per heavy atom. The smallest absolute Gasteiger partial charge is 0.250 e. The van der Waals surface area contributed by atoms with Crippen LogP contribution in [0, 0.1) is 0 Å². The maximum absolute atomic E-state index is 12.5. The maximum atomic E-state index is 12.5. The molecule has 2 N–H and O–H groups in total. The lowest BCUT2D eigenvalue weighted by atomic mass is 10.1. The van der Waals surface area contributed by atoms with Gasteiger partial charge in [0.25, 0.3) is 5.91 Å². The molecule has 3 amide bonds. The van der Waals surface area contributed by atoms with Crippen LogP contribution < -0.4 is 10.6 Å². The Kier molecular flexibility index (Phi) is 5.21. The molecule has 2 heterocycles. The molecular weight excluding hydrogens is 320 g/mol. The van der Waals surface area contributed by atoms with Gasteiger partial charge in [-0.25, -0.2) is 0 Å². The van der Waals surface area contributed by atoms with E-state index < -0.39 is 5.91 Å². The molecule has 1 aromatic rings. The molecule has 0 saturated carbocycles. The lowest BCUT2D eigenvalue weighted by Gasteiger charge is -2.38. The minimum atomic E-state index is -0.447. The number of carbonyl (C=O) groups excluding carboxylic acids is 3. The first kappa shape index (κ1) is 17.3. The van der Waals surface area contributed by atoms with Gasteiger partial charge in [-0.05, 0) is 25.0 Å². The number of piperazine rings is 1. The van der Waals surface area contributed by atoms with E-state index in [2.05, 4.69) is 4.90 Å². The number of benzene rings is 1. The van der Waals surface area contributed by atoms with Gasteiger partial charge in [-0.2, -0.15) is 0 Å². The topological polar surface area (TPSA) is 87.0 Å². The van der Waals surface area contributed by atoms with Crippen molar-refractivity contribution in [2.24, 2.45) is 5.73 Å². The predicted octanol–water partition coefficient (Wildman–Crippen LogP) is 0.447. The monoisotopic (exact) mass is 344 g/mol. The molecule has 0 spiro atoms. The summed E-state index contributed by atoms with van der Waals surface area (Å²) in [6, 6.07) is 7.27. The van der Waals surface area contributed by atoms with Crippen LogP contribution in [0.3, 0.4) is 0 Å². The highest BCUT2D eigenvalue weighted by atomic mass is 16.2. The number of primary amides is 1. The van der Waals surface area contributed by atoms with Crippen LogP contribution >= 0.6 is 0 Å². The summed E-state index contributed by atoms with van der Waals surface area (Å²) in [5.41, 5.74) is 6.76. The van der Waals surface area contributed by atoms with Crippen LogP contribution in [0.4, 0.5) is 5.69 Å². The number of carbonyl (C=O) groups is 3. The fourth-order valence-electron chi connectivity index (χ4n) is 3.45. The largest absolute Gasteiger partial charge is 0.367 e. The van der Waals surface area contributed by atoms with E-state index in [1.807, 2.05) is 12.1 Å². The van der Waals surface area contributed by atoms with Crippen molar-refractivity contribution in [2.75, 3.05) is 44.2 Å². The number of nitrogens with zero attached hydrogens (tertiary/aromatic N) is 3. The van der Waals surface area contributed by atoms with Crippen molar-refractivity contribution in [3.8, 4) is 0 Å². The highest BCUT2D eigenvalue weighted by Crippen LogP contribution is 2.21. The zero-order chi connectivity index (χ0) is 17.8. The summed E-state index contributed by atoms with van der Waals surface area (Å²) in [4.78, 5) is 41.4. The van der Waals surface area contributed by atoms with Gasteiger partial charge < -0.3 is 20.4 Å². The minimum absolute atomic E-state index is 0.00177. The second-order valence-electron chi connectivity index (χ2n) is 6.52. The van der Waals surface area contributed by atoms with Gasteiger partial charge >= 0.3 is 0 Å². The second-order valence-corrected chi connectivity index (χ2v) is 6.52. The molecule has 7 nitrogen and oxygen atoms in total. The first-order chi connectivity index (χ1) is 12.1. The molecule has 0 unspecified atom stereocenters. The number of rotatable bonds is 4. The molecule has 0 aromatic heterocycles. The molecule has 3 rings (SSSR count). The number of nitrogens with two attached hydrogens (primary N) is 1. The third-order valence-electron chi connectivity index (χ3n) is 4.89. The summed E-state index contributed by atoms with van der Waals surface area (Å²) in [6.45, 7) is 3.29. The zero-order valence-electron chi connectivity index (χ0n) is 14.3. The fraction of sp³-hybridized carbons (Fsp3) is 0.500. The summed E-state index contributed by atoms with van der Waals surface area (Å²) in [6.07, 6.45) is 2.43. The van der Waals surface area contributed by atoms with E-state index in [1.165, 1.54) is 0 Å². The van der Waals surface area contributed by atoms with E-state index in [-0.39, 0.29) is 18.4 Å². The van der Waals surface area contributed by atoms with Crippen LogP contribution in [-0.4, -0.2) is 66.8 Å². The number of likely N-dealkylation sites (tertiary alicyclic amines) is 1. The van der Waals surface area contributed by atoms with Crippen molar-refractivity contribution in [1.82, 2.24) is 9.80 Å². The SMILES string of the molecule is NC(=O)c1ccccc1N1CCN(C(=O)CN2CCCCC2=O)CC1. The van der Waals surface area contributed by atoms with Crippen molar-refractivity contribution in [3.63, 3.8) is 0 Å². The van der Waals surface area contributed by atoms with E-state index in [1.54, 1.807) is 21.9 Å². The molecule has 2 fully saturated rings. The van der Waals surface area contributed by atoms with Gasteiger partial charge in [0.2, 0.25) is 11.8 Å². The number of hydrogen-bond donors (Lipinski definition) is 1. The third-order valence-corrected chi connectivity index (χ3v) is 4.89. The Balaban J connectivity index is 1.57. The average Bonchev–Trinajstić information content (AvgIpc) is 2.63. The Labute approximate surface area is 147 Å². The minimum Gasteiger partial charge on any atom is -0.367 e. The van der Waals surface area contributed by atoms with Gasteiger partial charge in [0, 0.05) is 44.8 Å². The molecule has 134 valence electrons. The summed E-state index contributed by atoms with van der Waals surface area (Å²) >= 11 is 0. The Morgan fingerprint density at radius 2 is 1.72 bits per heavy atom. The molecule has 2 aliphatic heterocycles. The molecule has 0 atom stereocenters. The molecule has 0 aliphatic carbocycles. The van der Waals surface area contributed by atoms with E-state index in [0.29, 0.717) is 44.7 Å². The summed E-state index contributed by atoms with van der Waals surface area (Å²) in [5, 5.41) is 0. The van der Waals surface area contributed by atoms with Crippen LogP contribution in [0.25, 0.3) is 0 Å². The Hall–Kier alpha value is -2.57. The van der Waals surface area contributed by atoms with Crippen LogP contribution in [0.15, 0.2) is 24.3 Å². The average molecular weight is 344 g/mol. The molecule has 0 radical (unpaired) electrons. The predicted molar refractivity (Wildman–Crippen MR) is 94.2 cm³/mol. The molecule has 0 bridgehead atoms. The van der Waals surface area contributed by atoms with E-state index in [4.69, 9.17) is 5.73 Å². The highest BCUT2D eigenvalue weighted by Gasteiger charge is 2.26. The first-order valence-corrected chi connectivity index (χ1v) is 8.75. The maximum Gasteiger partial charge on any atom is 0.250 e. The molecule has 7 heteroatoms. The second kappa shape index (κ2) is 7.55. The lowest BCUT2D eigenvalue weighted by Crippen LogP contribution is -2.52. The normalized spacial score (nSPS) is 18.4. The summed E-state index contributed by atoms with van der Waals surface area (Å²) in [7, 11) is 0. The van der Waals surface area contributed by atoms with Crippen molar-refractivity contribution in [3.05, 3.63) is 29.8 Å². The fourth-order valence-corrected chi connectivity index (χ4v) is 3.45. The highest BCUT2D eigenvalue weighted by molar-refractivity contribution is 5.98. The van der Waals surface area contributed by atoms with Gasteiger partial charge in [-0.15, -0.1) is 0 Å². The lowest BCUT2D eigenvalue weighted by molar-refractivity contribution is -0.142. The molecule has 2 saturated heterocycles. The van der Waals surface area contributed by atoms with Gasteiger partial charge in [0.15, 0.2) is 0 Å². The molecule has 25 heavy (non-hydrogen) atoms. The molecule has 1 aromatic carbocycles. The Bertz CT molecular complexity index is 668. The van der Waals surface area contributed by atoms with Crippen molar-refractivity contribution >= 4 is 23.4 Å². The van der Waals surface area contributed by atoms with Crippen molar-refractivity contribution in [1.29, 1.82) is 0 Å². The van der Waals surface area contributed by atoms with E-state index >= 15 is 0 Å². The molecular formula is C18H24N4O3. The molecule has 2 aliphatic rings. The van der Waals surface area contributed by atoms with Crippen LogP contribution in [0.2, 0.25) is 0 Å². The van der Waals surface area contributed by atoms with Gasteiger partial charge in [-0.1, -0.05) is 12.1 Å². The van der Waals surface area contributed by atoms with Crippen molar-refractivity contribution in [2.45, 2.75) is 19.3 Å². The number of amides is 3. The first-order valence-electron chi connectivity index (χ1n) is 8.75. The third kappa shape index (κ3) is 3.92. The van der Waals surface area contributed by atoms with Crippen LogP contribution in [0.1, 0.15) is 29.6 Å². The zero-order valence-corrected chi connectivity index (χ0v) is 14.3. The van der Waals surface area contributed by atoms with Crippen LogP contribution in [-0.2, 0) is 9.59 Å². The summed E-state index contributed by atoms with van der Waals surface area (Å²) in [5.74, 6) is -0.371. The number of para-hydroxylation sites is 1. The Morgan fingerprint density at radius 1 is 1.00 bits per heavy atom. The van der Waals surface area contributed by atoms with Crippen LogP contribution in [0.5, 0.6) is 0 Å².